The minimum Gasteiger partial charge on any atom is -0.331 e. The molecule has 0 unspecified atom stereocenters. The lowest BCUT2D eigenvalue weighted by atomic mass is 10.1. The normalized spacial score (nSPS) is 10.6. The quantitative estimate of drug-likeness (QED) is 0.749. The van der Waals surface area contributed by atoms with Crippen molar-refractivity contribution < 1.29 is 13.6 Å². The molecule has 0 atom stereocenters. The lowest BCUT2D eigenvalue weighted by Gasteiger charge is -2.06. The highest BCUT2D eigenvalue weighted by atomic mass is 19.1. The van der Waals surface area contributed by atoms with Crippen LogP contribution < -0.4 is 0 Å². The topological polar surface area (TPSA) is 34.9 Å². The SMILES string of the molecule is Cc1ccc(F)c(C(=O)c2nccn2C)c1F. The molecule has 0 N–H and O–H groups in total. The second kappa shape index (κ2) is 4.08. The standard InChI is InChI=1S/C12H10F2N2O/c1-7-3-4-8(13)9(10(7)14)11(17)12-15-5-6-16(12)2/h3-6H,1-2H3. The minimum atomic E-state index is -0.874. The minimum absolute atomic E-state index is 0.00778. The summed E-state index contributed by atoms with van der Waals surface area (Å²) in [4.78, 5) is 15.7. The summed E-state index contributed by atoms with van der Waals surface area (Å²) in [7, 11) is 1.59. The summed E-state index contributed by atoms with van der Waals surface area (Å²) in [6, 6.07) is 2.37. The fraction of sp³-hybridized carbons (Fsp3) is 0.167. The van der Waals surface area contributed by atoms with Crippen LogP contribution in [0.5, 0.6) is 0 Å². The second-order valence-electron chi connectivity index (χ2n) is 3.74. The predicted octanol–water partition coefficient (Wildman–Crippen LogP) is 2.24. The van der Waals surface area contributed by atoms with Gasteiger partial charge in [0.2, 0.25) is 5.78 Å². The molecular formula is C12H10F2N2O. The molecule has 2 aromatic rings. The van der Waals surface area contributed by atoms with Crippen LogP contribution in [0, 0.1) is 18.6 Å². The van der Waals surface area contributed by atoms with Crippen molar-refractivity contribution in [3.8, 4) is 0 Å². The number of carbonyl (C=O) groups excluding carboxylic acids is 1. The van der Waals surface area contributed by atoms with E-state index >= 15 is 0 Å². The van der Waals surface area contributed by atoms with Gasteiger partial charge in [0.05, 0.1) is 5.56 Å². The Kier molecular flexibility index (Phi) is 2.75. The number of aryl methyl sites for hydroxylation is 2. The third kappa shape index (κ3) is 1.84. The van der Waals surface area contributed by atoms with E-state index < -0.39 is 23.0 Å². The highest BCUT2D eigenvalue weighted by Crippen LogP contribution is 2.19. The van der Waals surface area contributed by atoms with Crippen LogP contribution in [-0.2, 0) is 7.05 Å². The molecule has 88 valence electrons. The van der Waals surface area contributed by atoms with Crippen molar-refractivity contribution in [1.82, 2.24) is 9.55 Å². The van der Waals surface area contributed by atoms with Crippen molar-refractivity contribution in [2.75, 3.05) is 0 Å². The van der Waals surface area contributed by atoms with Gasteiger partial charge in [0, 0.05) is 19.4 Å². The monoisotopic (exact) mass is 236 g/mol. The molecule has 1 aromatic carbocycles. The molecule has 1 aromatic heterocycles. The van der Waals surface area contributed by atoms with E-state index in [1.807, 2.05) is 0 Å². The first-order valence-electron chi connectivity index (χ1n) is 4.99. The van der Waals surface area contributed by atoms with Gasteiger partial charge >= 0.3 is 0 Å². The van der Waals surface area contributed by atoms with Crippen LogP contribution in [0.25, 0.3) is 0 Å². The molecule has 5 heteroatoms. The molecule has 17 heavy (non-hydrogen) atoms. The summed E-state index contributed by atoms with van der Waals surface area (Å²) in [5, 5.41) is 0. The molecule has 0 saturated carbocycles. The van der Waals surface area contributed by atoms with E-state index in [1.54, 1.807) is 13.2 Å². The maximum Gasteiger partial charge on any atom is 0.234 e. The maximum atomic E-state index is 13.7. The van der Waals surface area contributed by atoms with Crippen molar-refractivity contribution in [2.45, 2.75) is 6.92 Å². The van der Waals surface area contributed by atoms with Gasteiger partial charge in [0.15, 0.2) is 5.82 Å². The van der Waals surface area contributed by atoms with Gasteiger partial charge in [-0.25, -0.2) is 13.8 Å². The highest BCUT2D eigenvalue weighted by Gasteiger charge is 2.23. The Morgan fingerprint density at radius 1 is 1.35 bits per heavy atom. The maximum absolute atomic E-state index is 13.7. The van der Waals surface area contributed by atoms with E-state index in [9.17, 15) is 13.6 Å². The largest absolute Gasteiger partial charge is 0.331 e. The van der Waals surface area contributed by atoms with Gasteiger partial charge in [-0.15, -0.1) is 0 Å². The van der Waals surface area contributed by atoms with Gasteiger partial charge in [-0.1, -0.05) is 6.07 Å². The summed E-state index contributed by atoms with van der Waals surface area (Å²) in [5.74, 6) is -2.45. The van der Waals surface area contributed by atoms with Crippen molar-refractivity contribution in [3.63, 3.8) is 0 Å². The first-order chi connectivity index (χ1) is 8.02. The Morgan fingerprint density at radius 3 is 2.65 bits per heavy atom. The van der Waals surface area contributed by atoms with Gasteiger partial charge in [0.1, 0.15) is 11.6 Å². The number of halogens is 2. The summed E-state index contributed by atoms with van der Waals surface area (Å²) < 4.78 is 28.7. The Bertz CT molecular complexity index is 590. The van der Waals surface area contributed by atoms with Crippen molar-refractivity contribution in [1.29, 1.82) is 0 Å². The molecule has 0 aliphatic heterocycles. The summed E-state index contributed by atoms with van der Waals surface area (Å²) in [5.41, 5.74) is -0.330. The van der Waals surface area contributed by atoms with Gasteiger partial charge < -0.3 is 4.57 Å². The van der Waals surface area contributed by atoms with Crippen molar-refractivity contribution in [2.24, 2.45) is 7.05 Å². The number of hydrogen-bond acceptors (Lipinski definition) is 2. The van der Waals surface area contributed by atoms with Crippen molar-refractivity contribution >= 4 is 5.78 Å². The van der Waals surface area contributed by atoms with Crippen LogP contribution in [0.3, 0.4) is 0 Å². The lowest BCUT2D eigenvalue weighted by Crippen LogP contribution is -2.13. The highest BCUT2D eigenvalue weighted by molar-refractivity contribution is 6.07. The van der Waals surface area contributed by atoms with Crippen LogP contribution >= 0.6 is 0 Å². The van der Waals surface area contributed by atoms with E-state index in [-0.39, 0.29) is 11.4 Å². The molecule has 0 spiro atoms. The third-order valence-electron chi connectivity index (χ3n) is 2.54. The number of imidazole rings is 1. The molecule has 0 bridgehead atoms. The molecule has 0 fully saturated rings. The summed E-state index contributed by atoms with van der Waals surface area (Å²) in [6.07, 6.45) is 2.94. The van der Waals surface area contributed by atoms with Crippen LogP contribution in [0.2, 0.25) is 0 Å². The van der Waals surface area contributed by atoms with Gasteiger partial charge in [-0.3, -0.25) is 4.79 Å². The number of benzene rings is 1. The van der Waals surface area contributed by atoms with Crippen LogP contribution in [0.4, 0.5) is 8.78 Å². The average Bonchev–Trinajstić information content (AvgIpc) is 2.70. The average molecular weight is 236 g/mol. The zero-order valence-corrected chi connectivity index (χ0v) is 9.37. The van der Waals surface area contributed by atoms with E-state index in [1.165, 1.54) is 23.8 Å². The molecule has 2 rings (SSSR count). The lowest BCUT2D eigenvalue weighted by molar-refractivity contribution is 0.101. The van der Waals surface area contributed by atoms with Gasteiger partial charge in [0.25, 0.3) is 0 Å². The Morgan fingerprint density at radius 2 is 2.06 bits per heavy atom. The van der Waals surface area contributed by atoms with E-state index in [2.05, 4.69) is 4.98 Å². The molecule has 0 saturated heterocycles. The molecule has 0 radical (unpaired) electrons. The van der Waals surface area contributed by atoms with E-state index in [0.29, 0.717) is 0 Å². The van der Waals surface area contributed by atoms with Crippen LogP contribution in [-0.4, -0.2) is 15.3 Å². The Labute approximate surface area is 96.7 Å². The number of carbonyl (C=O) groups is 1. The first-order valence-corrected chi connectivity index (χ1v) is 4.99. The number of aromatic nitrogens is 2. The number of hydrogen-bond donors (Lipinski definition) is 0. The van der Waals surface area contributed by atoms with Crippen LogP contribution in [0.1, 0.15) is 21.7 Å². The fourth-order valence-corrected chi connectivity index (χ4v) is 1.56. The number of nitrogens with zero attached hydrogens (tertiary/aromatic N) is 2. The molecule has 0 aliphatic rings. The number of ketones is 1. The molecular weight excluding hydrogens is 226 g/mol. The van der Waals surface area contributed by atoms with Crippen LogP contribution in [0.15, 0.2) is 24.5 Å². The molecule has 0 aliphatic carbocycles. The van der Waals surface area contributed by atoms with Gasteiger partial charge in [-0.05, 0) is 18.6 Å². The van der Waals surface area contributed by atoms with E-state index in [4.69, 9.17) is 0 Å². The smallest absolute Gasteiger partial charge is 0.234 e. The fourth-order valence-electron chi connectivity index (χ4n) is 1.56. The molecule has 3 nitrogen and oxygen atoms in total. The zero-order valence-electron chi connectivity index (χ0n) is 9.37. The molecule has 1 heterocycles. The third-order valence-corrected chi connectivity index (χ3v) is 2.54. The van der Waals surface area contributed by atoms with Crippen molar-refractivity contribution in [3.05, 3.63) is 53.1 Å². The zero-order chi connectivity index (χ0) is 12.6. The summed E-state index contributed by atoms with van der Waals surface area (Å²) >= 11 is 0. The summed E-state index contributed by atoms with van der Waals surface area (Å²) in [6.45, 7) is 1.48. The van der Waals surface area contributed by atoms with Gasteiger partial charge in [-0.2, -0.15) is 0 Å². The first kappa shape index (κ1) is 11.4. The Balaban J connectivity index is 2.59. The number of rotatable bonds is 2. The predicted molar refractivity (Wildman–Crippen MR) is 57.7 cm³/mol. The Hall–Kier alpha value is -2.04. The van der Waals surface area contributed by atoms with E-state index in [0.717, 1.165) is 6.07 Å². The molecule has 0 amide bonds. The second-order valence-corrected chi connectivity index (χ2v) is 3.74.